The van der Waals surface area contributed by atoms with Crippen LogP contribution in [0.5, 0.6) is 0 Å². The molecule has 6 nitrogen and oxygen atoms in total. The zero-order valence-corrected chi connectivity index (χ0v) is 20.2. The van der Waals surface area contributed by atoms with Gasteiger partial charge in [-0.3, -0.25) is 4.79 Å². The average Bonchev–Trinajstić information content (AvgIpc) is 3.28. The minimum atomic E-state index is -0.773. The lowest BCUT2D eigenvalue weighted by atomic mass is 9.74. The number of carbonyl (C=O) groups is 2. The van der Waals surface area contributed by atoms with Gasteiger partial charge in [-0.25, -0.2) is 4.79 Å². The fourth-order valence-corrected chi connectivity index (χ4v) is 5.80. The van der Waals surface area contributed by atoms with Crippen molar-refractivity contribution in [1.82, 2.24) is 0 Å². The quantitative estimate of drug-likeness (QED) is 0.395. The maximum atomic E-state index is 13.0. The Balaban J connectivity index is 1.68. The highest BCUT2D eigenvalue weighted by Gasteiger charge is 2.70. The molecule has 2 N–H and O–H groups in total. The van der Waals surface area contributed by atoms with E-state index in [0.29, 0.717) is 6.42 Å². The third-order valence-corrected chi connectivity index (χ3v) is 7.70. The lowest BCUT2D eigenvalue weighted by Crippen LogP contribution is -2.58. The summed E-state index contributed by atoms with van der Waals surface area (Å²) in [6, 6.07) is 8.94. The van der Waals surface area contributed by atoms with Gasteiger partial charge in [0, 0.05) is 18.4 Å². The molecule has 0 spiro atoms. The highest BCUT2D eigenvalue weighted by atomic mass is 16.6. The number of rotatable bonds is 6. The minimum absolute atomic E-state index is 0.0219. The molecule has 0 radical (unpaired) electrons. The number of nitrogens with two attached hydrogens (primary N) is 1. The Bertz CT molecular complexity index is 981. The molecule has 0 amide bonds. The van der Waals surface area contributed by atoms with Gasteiger partial charge < -0.3 is 19.9 Å². The third-order valence-electron chi connectivity index (χ3n) is 7.70. The molecule has 3 aliphatic rings. The van der Waals surface area contributed by atoms with E-state index in [1.54, 1.807) is 13.0 Å². The number of allylic oxidation sites excluding steroid dienone is 1. The zero-order valence-electron chi connectivity index (χ0n) is 20.2. The smallest absolute Gasteiger partial charge is 0.331 e. The van der Waals surface area contributed by atoms with Crippen LogP contribution >= 0.6 is 0 Å². The standard InChI is InChI=1S/C27H35NO5/c1-16(2)27-15-21(31-25(30)18(4)28)26(5,33-27)20-13-11-17(3)23(20)24(27)32-22(29)14-12-19-9-7-6-8-10-19/h6-10,12,14,16,18,20-21,24H,11,13,15,28H2,1-5H3/b14-12+/t18-,20+,21+,24-,26-,27+/m0/s1. The first-order valence-corrected chi connectivity index (χ1v) is 11.9. The summed E-state index contributed by atoms with van der Waals surface area (Å²) in [5.41, 5.74) is 7.65. The number of esters is 2. The molecule has 2 saturated heterocycles. The van der Waals surface area contributed by atoms with Crippen LogP contribution in [-0.4, -0.2) is 41.4 Å². The number of hydrogen-bond acceptors (Lipinski definition) is 6. The third kappa shape index (κ3) is 4.04. The predicted octanol–water partition coefficient (Wildman–Crippen LogP) is 4.18. The molecule has 2 heterocycles. The van der Waals surface area contributed by atoms with Crippen LogP contribution in [0.15, 0.2) is 47.6 Å². The number of hydrogen-bond donors (Lipinski definition) is 1. The fourth-order valence-electron chi connectivity index (χ4n) is 5.80. The molecule has 33 heavy (non-hydrogen) atoms. The van der Waals surface area contributed by atoms with Crippen molar-refractivity contribution < 1.29 is 23.8 Å². The molecule has 178 valence electrons. The monoisotopic (exact) mass is 453 g/mol. The second kappa shape index (κ2) is 8.73. The zero-order chi connectivity index (χ0) is 24.0. The van der Waals surface area contributed by atoms with E-state index in [4.69, 9.17) is 19.9 Å². The fraction of sp³-hybridized carbons (Fsp3) is 0.556. The lowest BCUT2D eigenvalue weighted by Gasteiger charge is -2.50. The van der Waals surface area contributed by atoms with E-state index in [9.17, 15) is 9.59 Å². The topological polar surface area (TPSA) is 87.8 Å². The summed E-state index contributed by atoms with van der Waals surface area (Å²) >= 11 is 0. The summed E-state index contributed by atoms with van der Waals surface area (Å²) < 4.78 is 18.9. The van der Waals surface area contributed by atoms with Crippen molar-refractivity contribution in [3.05, 3.63) is 53.1 Å². The van der Waals surface area contributed by atoms with Gasteiger partial charge in [0.15, 0.2) is 6.10 Å². The summed E-state index contributed by atoms with van der Waals surface area (Å²) in [7, 11) is 0. The SMILES string of the molecule is CC1=C2[C@@H](CC1)[C@]1(C)O[C@@](C(C)C)(C[C@H]1OC(=O)[C@H](C)N)[C@H]2OC(=O)/C=C/c1ccccc1. The molecule has 1 aromatic rings. The van der Waals surface area contributed by atoms with Crippen molar-refractivity contribution >= 4 is 18.0 Å². The maximum absolute atomic E-state index is 13.0. The Labute approximate surface area is 196 Å². The largest absolute Gasteiger partial charge is 0.458 e. The Morgan fingerprint density at radius 1 is 1.18 bits per heavy atom. The van der Waals surface area contributed by atoms with Gasteiger partial charge in [0.05, 0.1) is 0 Å². The maximum Gasteiger partial charge on any atom is 0.331 e. The van der Waals surface area contributed by atoms with Crippen LogP contribution in [0.4, 0.5) is 0 Å². The van der Waals surface area contributed by atoms with Gasteiger partial charge in [-0.1, -0.05) is 49.8 Å². The minimum Gasteiger partial charge on any atom is -0.458 e. The van der Waals surface area contributed by atoms with Gasteiger partial charge in [0.1, 0.15) is 23.3 Å². The summed E-state index contributed by atoms with van der Waals surface area (Å²) in [5, 5.41) is 0. The number of fused-ring (bicyclic) bond motifs is 4. The van der Waals surface area contributed by atoms with Crippen LogP contribution in [-0.2, 0) is 23.8 Å². The van der Waals surface area contributed by atoms with Crippen molar-refractivity contribution in [3.63, 3.8) is 0 Å². The molecule has 6 atom stereocenters. The van der Waals surface area contributed by atoms with Crippen molar-refractivity contribution in [2.45, 2.75) is 83.3 Å². The van der Waals surface area contributed by atoms with E-state index in [1.807, 2.05) is 37.3 Å². The summed E-state index contributed by atoms with van der Waals surface area (Å²) in [4.78, 5) is 25.4. The van der Waals surface area contributed by atoms with Crippen molar-refractivity contribution in [2.24, 2.45) is 17.6 Å². The molecule has 1 aromatic carbocycles. The first-order chi connectivity index (χ1) is 15.6. The Morgan fingerprint density at radius 2 is 1.88 bits per heavy atom. The highest BCUT2D eigenvalue weighted by molar-refractivity contribution is 5.87. The second-order valence-corrected chi connectivity index (χ2v) is 10.2. The van der Waals surface area contributed by atoms with Crippen LogP contribution < -0.4 is 5.73 Å². The number of ether oxygens (including phenoxy) is 3. The van der Waals surface area contributed by atoms with E-state index in [0.717, 1.165) is 24.0 Å². The molecule has 2 fully saturated rings. The molecule has 0 aromatic heterocycles. The molecule has 0 unspecified atom stereocenters. The van der Waals surface area contributed by atoms with Crippen molar-refractivity contribution in [2.75, 3.05) is 0 Å². The summed E-state index contributed by atoms with van der Waals surface area (Å²) in [5.74, 6) is -0.781. The van der Waals surface area contributed by atoms with E-state index < -0.39 is 41.4 Å². The highest BCUT2D eigenvalue weighted by Crippen LogP contribution is 2.61. The van der Waals surface area contributed by atoms with E-state index in [-0.39, 0.29) is 11.8 Å². The first-order valence-electron chi connectivity index (χ1n) is 11.9. The Hall–Kier alpha value is -2.44. The molecule has 2 bridgehead atoms. The van der Waals surface area contributed by atoms with Crippen LogP contribution in [0.25, 0.3) is 6.08 Å². The van der Waals surface area contributed by atoms with Gasteiger partial charge in [0.25, 0.3) is 0 Å². The van der Waals surface area contributed by atoms with Gasteiger partial charge in [0.2, 0.25) is 0 Å². The lowest BCUT2D eigenvalue weighted by molar-refractivity contribution is -0.223. The summed E-state index contributed by atoms with van der Waals surface area (Å²) in [6.07, 6.45) is 4.51. The summed E-state index contributed by atoms with van der Waals surface area (Å²) in [6.45, 7) is 9.91. The second-order valence-electron chi connectivity index (χ2n) is 10.2. The van der Waals surface area contributed by atoms with Crippen LogP contribution in [0.2, 0.25) is 0 Å². The van der Waals surface area contributed by atoms with Crippen LogP contribution in [0.1, 0.15) is 59.4 Å². The Morgan fingerprint density at radius 3 is 2.52 bits per heavy atom. The van der Waals surface area contributed by atoms with Crippen molar-refractivity contribution in [1.29, 1.82) is 0 Å². The number of benzene rings is 1. The van der Waals surface area contributed by atoms with E-state index in [2.05, 4.69) is 20.8 Å². The van der Waals surface area contributed by atoms with E-state index in [1.165, 1.54) is 11.6 Å². The number of carbonyl (C=O) groups excluding carboxylic acids is 2. The first kappa shape index (κ1) is 23.7. The molecule has 6 heteroatoms. The molecule has 2 aliphatic heterocycles. The van der Waals surface area contributed by atoms with Crippen LogP contribution in [0.3, 0.4) is 0 Å². The molecule has 1 aliphatic carbocycles. The van der Waals surface area contributed by atoms with Crippen LogP contribution in [0, 0.1) is 11.8 Å². The Kier molecular flexibility index (Phi) is 6.27. The molecule has 0 saturated carbocycles. The average molecular weight is 454 g/mol. The molecular weight excluding hydrogens is 418 g/mol. The normalized spacial score (nSPS) is 34.0. The molecular formula is C27H35NO5. The van der Waals surface area contributed by atoms with E-state index >= 15 is 0 Å². The van der Waals surface area contributed by atoms with Gasteiger partial charge >= 0.3 is 11.9 Å². The molecule has 4 rings (SSSR count). The van der Waals surface area contributed by atoms with Gasteiger partial charge in [-0.15, -0.1) is 0 Å². The predicted molar refractivity (Wildman–Crippen MR) is 126 cm³/mol. The van der Waals surface area contributed by atoms with Gasteiger partial charge in [-0.2, -0.15) is 0 Å². The van der Waals surface area contributed by atoms with Gasteiger partial charge in [-0.05, 0) is 56.7 Å². The van der Waals surface area contributed by atoms with Crippen molar-refractivity contribution in [3.8, 4) is 0 Å².